The molecule has 0 fully saturated rings. The van der Waals surface area contributed by atoms with Crippen molar-refractivity contribution in [2.24, 2.45) is 0 Å². The van der Waals surface area contributed by atoms with Gasteiger partial charge in [0.1, 0.15) is 6.10 Å². The number of Topliss-reactive ketones (excluding diaryl/α,β-unsaturated/α-hetero) is 1. The summed E-state index contributed by atoms with van der Waals surface area (Å²) in [5.74, 6) is -1.42. The van der Waals surface area contributed by atoms with E-state index in [0.29, 0.717) is 5.57 Å². The van der Waals surface area contributed by atoms with E-state index < -0.39 is 23.5 Å². The van der Waals surface area contributed by atoms with Crippen molar-refractivity contribution in [3.8, 4) is 0 Å². The first-order valence-corrected chi connectivity index (χ1v) is 4.78. The van der Waals surface area contributed by atoms with E-state index in [9.17, 15) is 14.7 Å². The molecule has 5 heteroatoms. The molecule has 1 aliphatic carbocycles. The Labute approximate surface area is 93.0 Å². The van der Waals surface area contributed by atoms with Gasteiger partial charge in [0.25, 0.3) is 0 Å². The molecule has 5 nitrogen and oxygen atoms in total. The number of rotatable bonds is 4. The molecule has 88 valence electrons. The molecule has 0 amide bonds. The van der Waals surface area contributed by atoms with Gasteiger partial charge in [-0.25, -0.2) is 0 Å². The molecule has 2 atom stereocenters. The first-order valence-electron chi connectivity index (χ1n) is 4.78. The van der Waals surface area contributed by atoms with E-state index in [4.69, 9.17) is 9.84 Å². The van der Waals surface area contributed by atoms with E-state index >= 15 is 0 Å². The first kappa shape index (κ1) is 12.6. The van der Waals surface area contributed by atoms with Crippen LogP contribution in [0.25, 0.3) is 0 Å². The standard InChI is InChI=1S/C11H14O5/c1-7(12)11(15)4-3-8(6-10(13)14)5-9(11)16-2/h3-5,9,15H,6H2,1-2H3,(H,13,14). The lowest BCUT2D eigenvalue weighted by Gasteiger charge is -2.31. The molecular formula is C11H14O5. The predicted octanol–water partition coefficient (Wildman–Crippen LogP) is 0.292. The van der Waals surface area contributed by atoms with Crippen molar-refractivity contribution in [3.05, 3.63) is 23.8 Å². The number of aliphatic carboxylic acids is 1. The highest BCUT2D eigenvalue weighted by atomic mass is 16.5. The van der Waals surface area contributed by atoms with Crippen LogP contribution < -0.4 is 0 Å². The van der Waals surface area contributed by atoms with Crippen molar-refractivity contribution in [1.29, 1.82) is 0 Å². The maximum atomic E-state index is 11.3. The summed E-state index contributed by atoms with van der Waals surface area (Å²) in [6.07, 6.45) is 3.16. The molecule has 0 aliphatic heterocycles. The van der Waals surface area contributed by atoms with Crippen LogP contribution in [0.4, 0.5) is 0 Å². The van der Waals surface area contributed by atoms with E-state index in [2.05, 4.69) is 0 Å². The van der Waals surface area contributed by atoms with Gasteiger partial charge in [-0.05, 0) is 24.6 Å². The van der Waals surface area contributed by atoms with E-state index in [1.165, 1.54) is 32.3 Å². The predicted molar refractivity (Wildman–Crippen MR) is 55.9 cm³/mol. The molecular weight excluding hydrogens is 212 g/mol. The molecule has 16 heavy (non-hydrogen) atoms. The summed E-state index contributed by atoms with van der Waals surface area (Å²) < 4.78 is 4.99. The highest BCUT2D eigenvalue weighted by Gasteiger charge is 2.40. The third-order valence-electron chi connectivity index (χ3n) is 2.52. The topological polar surface area (TPSA) is 83.8 Å². The average Bonchev–Trinajstić information content (AvgIpc) is 2.20. The lowest BCUT2D eigenvalue weighted by Crippen LogP contribution is -2.48. The van der Waals surface area contributed by atoms with Gasteiger partial charge in [-0.3, -0.25) is 9.59 Å². The summed E-state index contributed by atoms with van der Waals surface area (Å²) in [5, 5.41) is 18.6. The average molecular weight is 226 g/mol. The van der Waals surface area contributed by atoms with Crippen molar-refractivity contribution in [2.75, 3.05) is 7.11 Å². The monoisotopic (exact) mass is 226 g/mol. The van der Waals surface area contributed by atoms with Crippen molar-refractivity contribution < 1.29 is 24.5 Å². The molecule has 1 rings (SSSR count). The zero-order valence-corrected chi connectivity index (χ0v) is 9.14. The lowest BCUT2D eigenvalue weighted by molar-refractivity contribution is -0.139. The molecule has 0 saturated heterocycles. The van der Waals surface area contributed by atoms with Crippen LogP contribution in [0, 0.1) is 0 Å². The van der Waals surface area contributed by atoms with Crippen LogP contribution in [-0.2, 0) is 14.3 Å². The van der Waals surface area contributed by atoms with E-state index in [-0.39, 0.29) is 6.42 Å². The molecule has 1 aliphatic rings. The molecule has 0 aromatic heterocycles. The van der Waals surface area contributed by atoms with Gasteiger partial charge in [-0.2, -0.15) is 0 Å². The van der Waals surface area contributed by atoms with Gasteiger partial charge in [0.15, 0.2) is 11.4 Å². The third kappa shape index (κ3) is 2.37. The highest BCUT2D eigenvalue weighted by molar-refractivity contribution is 5.89. The van der Waals surface area contributed by atoms with Crippen LogP contribution in [0.15, 0.2) is 23.8 Å². The third-order valence-corrected chi connectivity index (χ3v) is 2.52. The number of carboxylic acids is 1. The van der Waals surface area contributed by atoms with Crippen molar-refractivity contribution in [1.82, 2.24) is 0 Å². The van der Waals surface area contributed by atoms with Crippen LogP contribution in [0.5, 0.6) is 0 Å². The minimum absolute atomic E-state index is 0.162. The smallest absolute Gasteiger partial charge is 0.307 e. The Morgan fingerprint density at radius 3 is 2.62 bits per heavy atom. The van der Waals surface area contributed by atoms with Crippen molar-refractivity contribution in [2.45, 2.75) is 25.0 Å². The highest BCUT2D eigenvalue weighted by Crippen LogP contribution is 2.26. The number of carboxylic acid groups (broad SMARTS) is 1. The van der Waals surface area contributed by atoms with Crippen LogP contribution in [-0.4, -0.2) is 40.8 Å². The largest absolute Gasteiger partial charge is 0.481 e. The van der Waals surface area contributed by atoms with Crippen LogP contribution in [0.2, 0.25) is 0 Å². The van der Waals surface area contributed by atoms with Gasteiger partial charge in [-0.15, -0.1) is 0 Å². The van der Waals surface area contributed by atoms with Gasteiger partial charge < -0.3 is 14.9 Å². The number of hydrogen-bond donors (Lipinski definition) is 2. The normalized spacial score (nSPS) is 28.7. The lowest BCUT2D eigenvalue weighted by atomic mass is 9.85. The van der Waals surface area contributed by atoms with Gasteiger partial charge in [0.2, 0.25) is 0 Å². The maximum Gasteiger partial charge on any atom is 0.307 e. The van der Waals surface area contributed by atoms with E-state index in [1.807, 2.05) is 0 Å². The Balaban J connectivity index is 2.95. The van der Waals surface area contributed by atoms with Crippen LogP contribution in [0.3, 0.4) is 0 Å². The molecule has 0 bridgehead atoms. The number of hydrogen-bond acceptors (Lipinski definition) is 4. The molecule has 2 N–H and O–H groups in total. The number of ketones is 1. The summed E-state index contributed by atoms with van der Waals surface area (Å²) in [6.45, 7) is 1.26. The molecule has 0 radical (unpaired) electrons. The molecule has 0 heterocycles. The molecule has 0 aromatic rings. The fourth-order valence-electron chi connectivity index (χ4n) is 1.56. The Hall–Kier alpha value is -1.46. The summed E-state index contributed by atoms with van der Waals surface area (Å²) in [7, 11) is 1.35. The number of methoxy groups -OCH3 is 1. The number of aliphatic hydroxyl groups is 1. The summed E-state index contributed by atoms with van der Waals surface area (Å²) in [5.41, 5.74) is -1.19. The van der Waals surface area contributed by atoms with Gasteiger partial charge >= 0.3 is 5.97 Å². The van der Waals surface area contributed by atoms with Crippen molar-refractivity contribution >= 4 is 11.8 Å². The van der Waals surface area contributed by atoms with Crippen LogP contribution >= 0.6 is 0 Å². The van der Waals surface area contributed by atoms with Gasteiger partial charge in [-0.1, -0.05) is 6.08 Å². The quantitative estimate of drug-likeness (QED) is 0.720. The Morgan fingerprint density at radius 2 is 2.19 bits per heavy atom. The number of ether oxygens (including phenoxy) is 1. The minimum atomic E-state index is -1.70. The fourth-order valence-corrected chi connectivity index (χ4v) is 1.56. The first-order chi connectivity index (χ1) is 7.40. The Morgan fingerprint density at radius 1 is 1.56 bits per heavy atom. The zero-order chi connectivity index (χ0) is 12.3. The van der Waals surface area contributed by atoms with Gasteiger partial charge in [0, 0.05) is 7.11 Å². The molecule has 2 unspecified atom stereocenters. The fraction of sp³-hybridized carbons (Fsp3) is 0.455. The SMILES string of the molecule is COC1C=C(CC(=O)O)C=CC1(O)C(C)=O. The van der Waals surface area contributed by atoms with E-state index in [0.717, 1.165) is 0 Å². The summed E-state index contributed by atoms with van der Waals surface area (Å²) >= 11 is 0. The minimum Gasteiger partial charge on any atom is -0.481 e. The number of carbonyl (C=O) groups is 2. The molecule has 0 aromatic carbocycles. The number of allylic oxidation sites excluding steroid dienone is 1. The number of carbonyl (C=O) groups excluding carboxylic acids is 1. The Bertz CT molecular complexity index is 369. The second-order valence-electron chi connectivity index (χ2n) is 3.68. The second-order valence-corrected chi connectivity index (χ2v) is 3.68. The molecule has 0 spiro atoms. The van der Waals surface area contributed by atoms with E-state index in [1.54, 1.807) is 0 Å². The van der Waals surface area contributed by atoms with Crippen molar-refractivity contribution in [3.63, 3.8) is 0 Å². The van der Waals surface area contributed by atoms with Gasteiger partial charge in [0.05, 0.1) is 6.42 Å². The Kier molecular flexibility index (Phi) is 3.62. The maximum absolute atomic E-state index is 11.3. The van der Waals surface area contributed by atoms with Crippen LogP contribution in [0.1, 0.15) is 13.3 Å². The summed E-state index contributed by atoms with van der Waals surface area (Å²) in [6, 6.07) is 0. The summed E-state index contributed by atoms with van der Waals surface area (Å²) in [4.78, 5) is 21.8. The second kappa shape index (κ2) is 4.59. The zero-order valence-electron chi connectivity index (χ0n) is 9.14. The molecule has 0 saturated carbocycles.